The van der Waals surface area contributed by atoms with Gasteiger partial charge in [0.05, 0.1) is 5.69 Å². The second kappa shape index (κ2) is 5.93. The van der Waals surface area contributed by atoms with Crippen LogP contribution in [0.2, 0.25) is 0 Å². The van der Waals surface area contributed by atoms with Gasteiger partial charge in [0.25, 0.3) is 5.91 Å². The van der Waals surface area contributed by atoms with Crippen LogP contribution in [0.3, 0.4) is 0 Å². The Balaban J connectivity index is 1.81. The number of carbonyl (C=O) groups is 1. The predicted molar refractivity (Wildman–Crippen MR) is 89.2 cm³/mol. The van der Waals surface area contributed by atoms with Crippen LogP contribution in [0.5, 0.6) is 0 Å². The molecule has 0 radical (unpaired) electrons. The van der Waals surface area contributed by atoms with Gasteiger partial charge in [0.1, 0.15) is 5.69 Å². The maximum absolute atomic E-state index is 12.5. The van der Waals surface area contributed by atoms with E-state index in [4.69, 9.17) is 0 Å². The quantitative estimate of drug-likeness (QED) is 0.872. The van der Waals surface area contributed by atoms with Crippen molar-refractivity contribution in [3.05, 3.63) is 33.0 Å². The number of fused-ring (bicyclic) bond motifs is 1. The lowest BCUT2D eigenvalue weighted by Gasteiger charge is -2.11. The van der Waals surface area contributed by atoms with Crippen molar-refractivity contribution in [3.8, 4) is 0 Å². The van der Waals surface area contributed by atoms with Gasteiger partial charge in [-0.1, -0.05) is 0 Å². The van der Waals surface area contributed by atoms with Crippen LogP contribution in [0.15, 0.2) is 16.7 Å². The Morgan fingerprint density at radius 2 is 2.19 bits per heavy atom. The molecule has 3 rings (SSSR count). The summed E-state index contributed by atoms with van der Waals surface area (Å²) in [5.41, 5.74) is 1.83. The number of thiazole rings is 1. The third-order valence-electron chi connectivity index (χ3n) is 3.67. The van der Waals surface area contributed by atoms with E-state index in [1.165, 1.54) is 23.4 Å². The van der Waals surface area contributed by atoms with Gasteiger partial charge in [0, 0.05) is 21.6 Å². The van der Waals surface area contributed by atoms with E-state index in [-0.39, 0.29) is 11.9 Å². The summed E-state index contributed by atoms with van der Waals surface area (Å²) in [4.78, 5) is 18.4. The minimum Gasteiger partial charge on any atom is -0.340 e. The zero-order chi connectivity index (χ0) is 15.0. The number of amides is 1. The highest BCUT2D eigenvalue weighted by molar-refractivity contribution is 9.10. The normalized spacial score (nSPS) is 14.3. The molecule has 1 aliphatic carbocycles. The van der Waals surface area contributed by atoms with E-state index in [0.717, 1.165) is 22.4 Å². The molecular weight excluding hydrogens is 350 g/mol. The molecular formula is C15H18BrN3OS. The molecule has 0 spiro atoms. The Morgan fingerprint density at radius 3 is 2.90 bits per heavy atom. The fourth-order valence-electron chi connectivity index (χ4n) is 2.62. The first-order valence-corrected chi connectivity index (χ1v) is 8.83. The van der Waals surface area contributed by atoms with E-state index in [0.29, 0.717) is 5.69 Å². The minimum absolute atomic E-state index is 0.0968. The lowest BCUT2D eigenvalue weighted by molar-refractivity contribution is 0.101. The summed E-state index contributed by atoms with van der Waals surface area (Å²) in [5, 5.41) is 3.67. The molecule has 1 amide bonds. The molecule has 4 nitrogen and oxygen atoms in total. The molecule has 0 fully saturated rings. The second-order valence-electron chi connectivity index (χ2n) is 5.59. The van der Waals surface area contributed by atoms with Crippen molar-refractivity contribution >= 4 is 38.3 Å². The lowest BCUT2D eigenvalue weighted by atomic mass is 10.0. The number of halogens is 1. The average molecular weight is 368 g/mol. The molecule has 2 heterocycles. The molecule has 2 aromatic rings. The summed E-state index contributed by atoms with van der Waals surface area (Å²) >= 11 is 5.05. The van der Waals surface area contributed by atoms with Gasteiger partial charge in [-0.2, -0.15) is 0 Å². The van der Waals surface area contributed by atoms with Crippen molar-refractivity contribution < 1.29 is 4.79 Å². The molecule has 0 atom stereocenters. The van der Waals surface area contributed by atoms with Gasteiger partial charge >= 0.3 is 0 Å². The van der Waals surface area contributed by atoms with Crippen molar-refractivity contribution in [2.75, 3.05) is 5.32 Å². The van der Waals surface area contributed by atoms with Gasteiger partial charge in [-0.3, -0.25) is 10.1 Å². The summed E-state index contributed by atoms with van der Waals surface area (Å²) in [6.45, 7) is 4.12. The Morgan fingerprint density at radius 1 is 1.43 bits per heavy atom. The van der Waals surface area contributed by atoms with Gasteiger partial charge < -0.3 is 4.57 Å². The highest BCUT2D eigenvalue weighted by Gasteiger charge is 2.19. The van der Waals surface area contributed by atoms with Crippen LogP contribution in [0.4, 0.5) is 5.13 Å². The second-order valence-corrected chi connectivity index (χ2v) is 7.59. The Labute approximate surface area is 136 Å². The summed E-state index contributed by atoms with van der Waals surface area (Å²) in [7, 11) is 0. The number of rotatable bonds is 3. The number of hydrogen-bond acceptors (Lipinski definition) is 3. The van der Waals surface area contributed by atoms with E-state index in [1.54, 1.807) is 11.3 Å². The van der Waals surface area contributed by atoms with Gasteiger partial charge in [0.2, 0.25) is 0 Å². The van der Waals surface area contributed by atoms with Crippen LogP contribution in [-0.4, -0.2) is 15.5 Å². The van der Waals surface area contributed by atoms with Crippen LogP contribution in [0.25, 0.3) is 0 Å². The molecule has 1 aliphatic rings. The molecule has 6 heteroatoms. The third kappa shape index (κ3) is 3.06. The number of hydrogen-bond donors (Lipinski definition) is 1. The van der Waals surface area contributed by atoms with Crippen LogP contribution in [-0.2, 0) is 12.8 Å². The molecule has 1 N–H and O–H groups in total. The SMILES string of the molecule is CC(C)n1cc(Br)cc1C(=O)Nc1nc2c(s1)CCCC2. The number of carbonyl (C=O) groups excluding carboxylic acids is 1. The van der Waals surface area contributed by atoms with Crippen molar-refractivity contribution in [3.63, 3.8) is 0 Å². The Hall–Kier alpha value is -1.14. The van der Waals surface area contributed by atoms with Gasteiger partial charge in [-0.05, 0) is 61.5 Å². The fraction of sp³-hybridized carbons (Fsp3) is 0.467. The van der Waals surface area contributed by atoms with E-state index < -0.39 is 0 Å². The molecule has 0 saturated heterocycles. The number of aromatic nitrogens is 2. The smallest absolute Gasteiger partial charge is 0.274 e. The number of nitrogens with zero attached hydrogens (tertiary/aromatic N) is 2. The third-order valence-corrected chi connectivity index (χ3v) is 5.18. The largest absolute Gasteiger partial charge is 0.340 e. The van der Waals surface area contributed by atoms with E-state index in [1.807, 2.05) is 16.8 Å². The van der Waals surface area contributed by atoms with Crippen molar-refractivity contribution in [1.82, 2.24) is 9.55 Å². The van der Waals surface area contributed by atoms with E-state index >= 15 is 0 Å². The maximum Gasteiger partial charge on any atom is 0.274 e. The zero-order valence-corrected chi connectivity index (χ0v) is 14.6. The number of anilines is 1. The van der Waals surface area contributed by atoms with Crippen molar-refractivity contribution in [2.24, 2.45) is 0 Å². The van der Waals surface area contributed by atoms with Crippen LogP contribution in [0, 0.1) is 0 Å². The summed E-state index contributed by atoms with van der Waals surface area (Å²) in [6.07, 6.45) is 6.50. The molecule has 0 bridgehead atoms. The fourth-order valence-corrected chi connectivity index (χ4v) is 4.10. The molecule has 21 heavy (non-hydrogen) atoms. The van der Waals surface area contributed by atoms with Crippen molar-refractivity contribution in [1.29, 1.82) is 0 Å². The van der Waals surface area contributed by atoms with Crippen molar-refractivity contribution in [2.45, 2.75) is 45.6 Å². The lowest BCUT2D eigenvalue weighted by Crippen LogP contribution is -2.17. The average Bonchev–Trinajstić information content (AvgIpc) is 3.01. The highest BCUT2D eigenvalue weighted by atomic mass is 79.9. The maximum atomic E-state index is 12.5. The summed E-state index contributed by atoms with van der Waals surface area (Å²) < 4.78 is 2.88. The Bertz CT molecular complexity index is 651. The molecule has 112 valence electrons. The highest BCUT2D eigenvalue weighted by Crippen LogP contribution is 2.30. The molecule has 2 aromatic heterocycles. The van der Waals surface area contributed by atoms with Crippen LogP contribution in [0.1, 0.15) is 53.8 Å². The first-order valence-electron chi connectivity index (χ1n) is 7.22. The monoisotopic (exact) mass is 367 g/mol. The standard InChI is InChI=1S/C15H18BrN3OS/c1-9(2)19-8-10(16)7-12(19)14(20)18-15-17-11-5-3-4-6-13(11)21-15/h7-9H,3-6H2,1-2H3,(H,17,18,20). The first kappa shape index (κ1) is 14.8. The molecule has 0 saturated carbocycles. The summed E-state index contributed by atoms with van der Waals surface area (Å²) in [6, 6.07) is 2.09. The van der Waals surface area contributed by atoms with E-state index in [2.05, 4.69) is 40.1 Å². The molecule has 0 aromatic carbocycles. The van der Waals surface area contributed by atoms with Crippen LogP contribution < -0.4 is 5.32 Å². The van der Waals surface area contributed by atoms with Crippen LogP contribution >= 0.6 is 27.3 Å². The number of aryl methyl sites for hydroxylation is 2. The summed E-state index contributed by atoms with van der Waals surface area (Å²) in [5.74, 6) is -0.0968. The van der Waals surface area contributed by atoms with Gasteiger partial charge in [-0.25, -0.2) is 4.98 Å². The van der Waals surface area contributed by atoms with E-state index in [9.17, 15) is 4.79 Å². The van der Waals surface area contributed by atoms with Gasteiger partial charge in [0.15, 0.2) is 5.13 Å². The minimum atomic E-state index is -0.0968. The zero-order valence-electron chi connectivity index (χ0n) is 12.1. The molecule has 0 unspecified atom stereocenters. The first-order chi connectivity index (χ1) is 10.0. The van der Waals surface area contributed by atoms with Gasteiger partial charge in [-0.15, -0.1) is 11.3 Å². The topological polar surface area (TPSA) is 46.9 Å². The number of nitrogens with one attached hydrogen (secondary N) is 1. The molecule has 0 aliphatic heterocycles. The Kier molecular flexibility index (Phi) is 4.17. The predicted octanol–water partition coefficient (Wildman–Crippen LogP) is 4.42.